The lowest BCUT2D eigenvalue weighted by atomic mass is 10.1. The summed E-state index contributed by atoms with van der Waals surface area (Å²) in [5.74, 6) is -0.435. The van der Waals surface area contributed by atoms with Crippen molar-refractivity contribution in [3.05, 3.63) is 69.0 Å². The third kappa shape index (κ3) is 5.11. The number of amides is 1. The van der Waals surface area contributed by atoms with Crippen LogP contribution < -0.4 is 5.32 Å². The molecule has 3 heterocycles. The molecule has 3 aromatic rings. The molecule has 1 saturated heterocycles. The molecule has 1 unspecified atom stereocenters. The molecule has 1 aliphatic heterocycles. The van der Waals surface area contributed by atoms with E-state index in [1.807, 2.05) is 11.4 Å². The highest BCUT2D eigenvalue weighted by Crippen LogP contribution is 2.28. The van der Waals surface area contributed by atoms with Gasteiger partial charge in [-0.25, -0.2) is 8.42 Å². The van der Waals surface area contributed by atoms with E-state index in [1.165, 1.54) is 35.6 Å². The van der Waals surface area contributed by atoms with Crippen molar-refractivity contribution in [1.29, 1.82) is 0 Å². The lowest BCUT2D eigenvalue weighted by Crippen LogP contribution is -2.40. The van der Waals surface area contributed by atoms with Crippen LogP contribution in [0.3, 0.4) is 0 Å². The molecule has 1 aliphatic rings. The number of sulfone groups is 1. The predicted molar refractivity (Wildman–Crippen MR) is 123 cm³/mol. The van der Waals surface area contributed by atoms with E-state index in [1.54, 1.807) is 23.5 Å². The zero-order chi connectivity index (χ0) is 21.8. The molecule has 31 heavy (non-hydrogen) atoms. The zero-order valence-corrected chi connectivity index (χ0v) is 20.0. The summed E-state index contributed by atoms with van der Waals surface area (Å²) in [5, 5.41) is 4.72. The van der Waals surface area contributed by atoms with E-state index in [0.717, 1.165) is 30.4 Å². The van der Waals surface area contributed by atoms with Gasteiger partial charge in [-0.2, -0.15) is 0 Å². The van der Waals surface area contributed by atoms with E-state index in [-0.39, 0.29) is 21.8 Å². The third-order valence-corrected chi connectivity index (χ3v) is 8.50. The fourth-order valence-electron chi connectivity index (χ4n) is 3.71. The van der Waals surface area contributed by atoms with E-state index in [9.17, 15) is 13.2 Å². The summed E-state index contributed by atoms with van der Waals surface area (Å²) in [4.78, 5) is 16.4. The second-order valence-electron chi connectivity index (χ2n) is 7.41. The molecule has 1 aromatic carbocycles. The van der Waals surface area contributed by atoms with Crippen molar-refractivity contribution in [1.82, 2.24) is 10.2 Å². The summed E-state index contributed by atoms with van der Waals surface area (Å²) in [6, 6.07) is 13.2. The summed E-state index contributed by atoms with van der Waals surface area (Å²) in [7, 11) is -3.83. The van der Waals surface area contributed by atoms with E-state index in [2.05, 4.69) is 32.2 Å². The summed E-state index contributed by atoms with van der Waals surface area (Å²) < 4.78 is 31.7. The molecule has 0 aliphatic carbocycles. The molecule has 9 heteroatoms. The smallest absolute Gasteiger partial charge is 0.287 e. The number of carbonyl (C=O) groups excluding carboxylic acids is 1. The van der Waals surface area contributed by atoms with Crippen LogP contribution >= 0.6 is 27.3 Å². The highest BCUT2D eigenvalue weighted by atomic mass is 79.9. The van der Waals surface area contributed by atoms with Crippen LogP contribution in [-0.4, -0.2) is 38.9 Å². The monoisotopic (exact) mass is 522 g/mol. The van der Waals surface area contributed by atoms with Gasteiger partial charge in [-0.3, -0.25) is 9.69 Å². The van der Waals surface area contributed by atoms with Gasteiger partial charge < -0.3 is 9.73 Å². The number of carbonyl (C=O) groups is 1. The molecule has 1 atom stereocenters. The van der Waals surface area contributed by atoms with Crippen LogP contribution in [0.25, 0.3) is 0 Å². The van der Waals surface area contributed by atoms with E-state index in [0.29, 0.717) is 6.54 Å². The standard InChI is InChI=1S/C22H23BrN2O4S2/c23-16-6-8-17(9-7-16)31(27,28)21-11-10-19(29-21)22(26)24-15-18(20-5-4-14-30-20)25-12-2-1-3-13-25/h4-11,14,18H,1-3,12-13,15H2,(H,24,26). The molecule has 1 amide bonds. The Balaban J connectivity index is 1.46. The number of hydrogen-bond acceptors (Lipinski definition) is 6. The molecule has 164 valence electrons. The maximum atomic E-state index is 12.8. The van der Waals surface area contributed by atoms with E-state index < -0.39 is 15.7 Å². The zero-order valence-electron chi connectivity index (χ0n) is 16.8. The molecule has 6 nitrogen and oxygen atoms in total. The van der Waals surface area contributed by atoms with Crippen molar-refractivity contribution >= 4 is 43.0 Å². The maximum absolute atomic E-state index is 12.8. The van der Waals surface area contributed by atoms with Crippen molar-refractivity contribution in [2.45, 2.75) is 35.3 Å². The molecule has 2 aromatic heterocycles. The highest BCUT2D eigenvalue weighted by molar-refractivity contribution is 9.10. The van der Waals surface area contributed by atoms with Gasteiger partial charge in [-0.15, -0.1) is 11.3 Å². The number of halogens is 1. The Morgan fingerprint density at radius 1 is 1.10 bits per heavy atom. The largest absolute Gasteiger partial charge is 0.439 e. The van der Waals surface area contributed by atoms with Crippen LogP contribution in [0, 0.1) is 0 Å². The molecule has 1 N–H and O–H groups in total. The number of nitrogens with one attached hydrogen (secondary N) is 1. The van der Waals surface area contributed by atoms with Crippen LogP contribution in [0.1, 0.15) is 40.7 Å². The molecule has 0 bridgehead atoms. The average molecular weight is 523 g/mol. The normalized spacial score (nSPS) is 16.2. The maximum Gasteiger partial charge on any atom is 0.287 e. The Morgan fingerprint density at radius 3 is 2.52 bits per heavy atom. The van der Waals surface area contributed by atoms with Gasteiger partial charge >= 0.3 is 0 Å². The fraction of sp³-hybridized carbons (Fsp3) is 0.318. The topological polar surface area (TPSA) is 79.6 Å². The van der Waals surface area contributed by atoms with Crippen LogP contribution in [0.15, 0.2) is 72.8 Å². The first-order valence-electron chi connectivity index (χ1n) is 10.1. The Kier molecular flexibility index (Phi) is 6.95. The quantitative estimate of drug-likeness (QED) is 0.477. The molecule has 0 radical (unpaired) electrons. The van der Waals surface area contributed by atoms with Crippen molar-refractivity contribution in [2.75, 3.05) is 19.6 Å². The van der Waals surface area contributed by atoms with Gasteiger partial charge in [0, 0.05) is 15.9 Å². The predicted octanol–water partition coefficient (Wildman–Crippen LogP) is 4.89. The summed E-state index contributed by atoms with van der Waals surface area (Å²) in [5.41, 5.74) is 0. The number of rotatable bonds is 7. The molecule has 0 saturated carbocycles. The summed E-state index contributed by atoms with van der Waals surface area (Å²) >= 11 is 4.97. The van der Waals surface area contributed by atoms with Crippen molar-refractivity contribution < 1.29 is 17.6 Å². The van der Waals surface area contributed by atoms with Gasteiger partial charge in [0.25, 0.3) is 5.91 Å². The molecule has 0 spiro atoms. The number of piperidine rings is 1. The lowest BCUT2D eigenvalue weighted by Gasteiger charge is -2.34. The first kappa shape index (κ1) is 22.3. The van der Waals surface area contributed by atoms with Gasteiger partial charge in [-0.1, -0.05) is 28.4 Å². The number of likely N-dealkylation sites (tertiary alicyclic amines) is 1. The van der Waals surface area contributed by atoms with Crippen LogP contribution in [0.4, 0.5) is 0 Å². The first-order chi connectivity index (χ1) is 14.9. The van der Waals surface area contributed by atoms with Crippen molar-refractivity contribution in [3.8, 4) is 0 Å². The number of hydrogen-bond donors (Lipinski definition) is 1. The fourth-order valence-corrected chi connectivity index (χ4v) is 6.01. The van der Waals surface area contributed by atoms with Gasteiger partial charge in [0.2, 0.25) is 14.9 Å². The van der Waals surface area contributed by atoms with E-state index in [4.69, 9.17) is 4.42 Å². The number of furan rings is 1. The van der Waals surface area contributed by atoms with E-state index >= 15 is 0 Å². The van der Waals surface area contributed by atoms with Crippen LogP contribution in [-0.2, 0) is 9.84 Å². The van der Waals surface area contributed by atoms with Crippen molar-refractivity contribution in [2.24, 2.45) is 0 Å². The third-order valence-electron chi connectivity index (χ3n) is 5.35. The Hall–Kier alpha value is -1.94. The first-order valence-corrected chi connectivity index (χ1v) is 13.3. The Labute approximate surface area is 194 Å². The highest BCUT2D eigenvalue weighted by Gasteiger charge is 2.26. The van der Waals surface area contributed by atoms with Gasteiger partial charge in [0.05, 0.1) is 10.9 Å². The molecular formula is C22H23BrN2O4S2. The second kappa shape index (κ2) is 9.68. The Bertz CT molecular complexity index is 1120. The minimum atomic E-state index is -3.83. The second-order valence-corrected chi connectivity index (χ2v) is 11.2. The number of benzene rings is 1. The van der Waals surface area contributed by atoms with Gasteiger partial charge in [0.15, 0.2) is 5.76 Å². The van der Waals surface area contributed by atoms with Gasteiger partial charge in [-0.05, 0) is 73.8 Å². The summed E-state index contributed by atoms with van der Waals surface area (Å²) in [6.07, 6.45) is 3.55. The minimum Gasteiger partial charge on any atom is -0.439 e. The van der Waals surface area contributed by atoms with Crippen LogP contribution in [0.5, 0.6) is 0 Å². The lowest BCUT2D eigenvalue weighted by molar-refractivity contribution is 0.0893. The minimum absolute atomic E-state index is 0.0146. The SMILES string of the molecule is O=C(NCC(c1cccs1)N1CCCCC1)c1ccc(S(=O)(=O)c2ccc(Br)cc2)o1. The van der Waals surface area contributed by atoms with Gasteiger partial charge in [0.1, 0.15) is 0 Å². The number of thiophene rings is 1. The average Bonchev–Trinajstić information content (AvgIpc) is 3.48. The number of nitrogens with zero attached hydrogens (tertiary/aromatic N) is 1. The van der Waals surface area contributed by atoms with Crippen LogP contribution in [0.2, 0.25) is 0 Å². The Morgan fingerprint density at radius 2 is 1.84 bits per heavy atom. The molecule has 4 rings (SSSR count). The molecule has 1 fully saturated rings. The molecular weight excluding hydrogens is 500 g/mol. The van der Waals surface area contributed by atoms with Crippen molar-refractivity contribution in [3.63, 3.8) is 0 Å². The summed E-state index contributed by atoms with van der Waals surface area (Å²) in [6.45, 7) is 2.46.